The molecule has 130 valence electrons. The van der Waals surface area contributed by atoms with Crippen LogP contribution in [0.2, 0.25) is 0 Å². The van der Waals surface area contributed by atoms with E-state index < -0.39 is 12.0 Å². The standard InChI is InChI=1S/C16H17N5O3S/c1-3-21-14-11(9-17-21)10(15(22)19-20-16(23)24-4-2)8-12(18-14)13-6-5-7-25-13/h5-9H,3-4H2,1-2H3,(H,19,22)(H,20,23). The maximum Gasteiger partial charge on any atom is 0.426 e. The Labute approximate surface area is 147 Å². The third-order valence-corrected chi connectivity index (χ3v) is 4.37. The molecule has 0 radical (unpaired) electrons. The molecule has 0 spiro atoms. The highest BCUT2D eigenvalue weighted by molar-refractivity contribution is 7.13. The lowest BCUT2D eigenvalue weighted by Crippen LogP contribution is -2.42. The van der Waals surface area contributed by atoms with Crippen LogP contribution in [0, 0.1) is 0 Å². The Bertz CT molecular complexity index is 904. The molecule has 0 unspecified atom stereocenters. The van der Waals surface area contributed by atoms with Gasteiger partial charge < -0.3 is 4.74 Å². The molecule has 0 fully saturated rings. The quantitative estimate of drug-likeness (QED) is 0.698. The maximum atomic E-state index is 12.5. The van der Waals surface area contributed by atoms with Crippen LogP contribution in [-0.4, -0.2) is 33.4 Å². The van der Waals surface area contributed by atoms with Gasteiger partial charge in [0.05, 0.1) is 34.3 Å². The van der Waals surface area contributed by atoms with Crippen LogP contribution in [0.1, 0.15) is 24.2 Å². The molecule has 0 aliphatic rings. The molecule has 8 nitrogen and oxygen atoms in total. The number of hydrogen-bond acceptors (Lipinski definition) is 6. The average Bonchev–Trinajstić information content (AvgIpc) is 3.28. The number of aromatic nitrogens is 3. The summed E-state index contributed by atoms with van der Waals surface area (Å²) in [7, 11) is 0. The molecule has 3 rings (SSSR count). The number of hydrogen-bond donors (Lipinski definition) is 2. The van der Waals surface area contributed by atoms with Gasteiger partial charge in [0.1, 0.15) is 0 Å². The van der Waals surface area contributed by atoms with Gasteiger partial charge in [0.25, 0.3) is 5.91 Å². The van der Waals surface area contributed by atoms with Crippen molar-refractivity contribution in [1.82, 2.24) is 25.6 Å². The summed E-state index contributed by atoms with van der Waals surface area (Å²) in [5, 5.41) is 6.83. The van der Waals surface area contributed by atoms with E-state index in [0.717, 1.165) is 4.88 Å². The van der Waals surface area contributed by atoms with Crippen molar-refractivity contribution in [1.29, 1.82) is 0 Å². The van der Waals surface area contributed by atoms with Crippen molar-refractivity contribution in [2.45, 2.75) is 20.4 Å². The van der Waals surface area contributed by atoms with Crippen molar-refractivity contribution in [2.75, 3.05) is 6.61 Å². The fourth-order valence-corrected chi connectivity index (χ4v) is 3.05. The Hall–Kier alpha value is -2.94. The SMILES string of the molecule is CCOC(=O)NNC(=O)c1cc(-c2cccs2)nc2c1cnn2CC. The first-order valence-corrected chi connectivity index (χ1v) is 8.65. The van der Waals surface area contributed by atoms with Crippen LogP contribution in [0.15, 0.2) is 29.8 Å². The number of nitrogens with one attached hydrogen (secondary N) is 2. The zero-order valence-corrected chi connectivity index (χ0v) is 14.6. The first-order chi connectivity index (χ1) is 12.1. The molecule has 2 amide bonds. The predicted molar refractivity (Wildman–Crippen MR) is 94.1 cm³/mol. The van der Waals surface area contributed by atoms with Gasteiger partial charge in [-0.1, -0.05) is 6.07 Å². The summed E-state index contributed by atoms with van der Waals surface area (Å²) in [6.07, 6.45) is 0.882. The zero-order chi connectivity index (χ0) is 17.8. The van der Waals surface area contributed by atoms with Gasteiger partial charge in [-0.15, -0.1) is 11.3 Å². The lowest BCUT2D eigenvalue weighted by molar-refractivity contribution is 0.0914. The first kappa shape index (κ1) is 16.9. The molecule has 2 N–H and O–H groups in total. The lowest BCUT2D eigenvalue weighted by atomic mass is 10.1. The summed E-state index contributed by atoms with van der Waals surface area (Å²) in [6, 6.07) is 5.55. The van der Waals surface area contributed by atoms with Gasteiger partial charge in [0.2, 0.25) is 0 Å². The third kappa shape index (κ3) is 3.45. The number of carbonyl (C=O) groups is 2. The van der Waals surface area contributed by atoms with E-state index >= 15 is 0 Å². The number of aryl methyl sites for hydroxylation is 1. The Kier molecular flexibility index (Phi) is 4.94. The summed E-state index contributed by atoms with van der Waals surface area (Å²) < 4.78 is 6.45. The summed E-state index contributed by atoms with van der Waals surface area (Å²) >= 11 is 1.53. The highest BCUT2D eigenvalue weighted by Crippen LogP contribution is 2.27. The van der Waals surface area contributed by atoms with Crippen molar-refractivity contribution in [3.8, 4) is 10.6 Å². The molecule has 0 saturated heterocycles. The van der Waals surface area contributed by atoms with Crippen LogP contribution in [0.5, 0.6) is 0 Å². The molecule has 0 bridgehead atoms. The fraction of sp³-hybridized carbons (Fsp3) is 0.250. The average molecular weight is 359 g/mol. The summed E-state index contributed by atoms with van der Waals surface area (Å²) in [5.41, 5.74) is 6.25. The second-order valence-electron chi connectivity index (χ2n) is 5.03. The van der Waals surface area contributed by atoms with Crippen LogP contribution < -0.4 is 10.9 Å². The van der Waals surface area contributed by atoms with Gasteiger partial charge in [-0.25, -0.2) is 19.9 Å². The number of carbonyl (C=O) groups excluding carboxylic acids is 2. The van der Waals surface area contributed by atoms with E-state index in [1.165, 1.54) is 11.3 Å². The highest BCUT2D eigenvalue weighted by Gasteiger charge is 2.18. The summed E-state index contributed by atoms with van der Waals surface area (Å²) in [4.78, 5) is 29.5. The van der Waals surface area contributed by atoms with Crippen LogP contribution in [0.4, 0.5) is 4.79 Å². The molecule has 0 aliphatic heterocycles. The highest BCUT2D eigenvalue weighted by atomic mass is 32.1. The molecule has 3 aromatic rings. The zero-order valence-electron chi connectivity index (χ0n) is 13.8. The van der Waals surface area contributed by atoms with Gasteiger partial charge in [-0.2, -0.15) is 5.10 Å². The van der Waals surface area contributed by atoms with Crippen LogP contribution in [0.3, 0.4) is 0 Å². The molecule has 0 aromatic carbocycles. The van der Waals surface area contributed by atoms with E-state index in [4.69, 9.17) is 4.74 Å². The Balaban J connectivity index is 1.99. The number of pyridine rings is 1. The van der Waals surface area contributed by atoms with Gasteiger partial charge in [0.15, 0.2) is 5.65 Å². The molecule has 0 aliphatic carbocycles. The predicted octanol–water partition coefficient (Wildman–Crippen LogP) is 2.57. The van der Waals surface area contributed by atoms with Gasteiger partial charge in [-0.3, -0.25) is 10.2 Å². The maximum absolute atomic E-state index is 12.5. The van der Waals surface area contributed by atoms with Crippen LogP contribution in [-0.2, 0) is 11.3 Å². The molecule has 25 heavy (non-hydrogen) atoms. The molecule has 0 atom stereocenters. The van der Waals surface area contributed by atoms with Crippen LogP contribution >= 0.6 is 11.3 Å². The number of nitrogens with zero attached hydrogens (tertiary/aromatic N) is 3. The number of ether oxygens (including phenoxy) is 1. The summed E-state index contributed by atoms with van der Waals surface area (Å²) in [6.45, 7) is 4.48. The monoisotopic (exact) mass is 359 g/mol. The lowest BCUT2D eigenvalue weighted by Gasteiger charge is -2.09. The minimum Gasteiger partial charge on any atom is -0.449 e. The Morgan fingerprint density at radius 3 is 2.84 bits per heavy atom. The van der Waals surface area contributed by atoms with E-state index in [-0.39, 0.29) is 6.61 Å². The largest absolute Gasteiger partial charge is 0.449 e. The normalized spacial score (nSPS) is 10.6. The fourth-order valence-electron chi connectivity index (χ4n) is 2.36. The van der Waals surface area contributed by atoms with E-state index in [9.17, 15) is 9.59 Å². The van der Waals surface area contributed by atoms with E-state index in [0.29, 0.717) is 28.8 Å². The smallest absolute Gasteiger partial charge is 0.426 e. The minimum atomic E-state index is -0.719. The van der Waals surface area contributed by atoms with Crippen molar-refractivity contribution < 1.29 is 14.3 Å². The van der Waals surface area contributed by atoms with Gasteiger partial charge in [-0.05, 0) is 31.4 Å². The van der Waals surface area contributed by atoms with Gasteiger partial charge in [0, 0.05) is 6.54 Å². The van der Waals surface area contributed by atoms with E-state index in [1.807, 2.05) is 24.4 Å². The Morgan fingerprint density at radius 2 is 2.16 bits per heavy atom. The molecule has 3 heterocycles. The number of thiophene rings is 1. The van der Waals surface area contributed by atoms with E-state index in [2.05, 4.69) is 20.9 Å². The van der Waals surface area contributed by atoms with Crippen molar-refractivity contribution in [3.05, 3.63) is 35.3 Å². The second-order valence-corrected chi connectivity index (χ2v) is 5.98. The van der Waals surface area contributed by atoms with E-state index in [1.54, 1.807) is 23.9 Å². The van der Waals surface area contributed by atoms with Crippen molar-refractivity contribution in [2.24, 2.45) is 0 Å². The topological polar surface area (TPSA) is 98.1 Å². The minimum absolute atomic E-state index is 0.215. The second kappa shape index (κ2) is 7.31. The molecule has 9 heteroatoms. The van der Waals surface area contributed by atoms with Gasteiger partial charge >= 0.3 is 6.09 Å². The first-order valence-electron chi connectivity index (χ1n) is 7.77. The molecule has 0 saturated carbocycles. The van der Waals surface area contributed by atoms with Crippen molar-refractivity contribution >= 4 is 34.4 Å². The molecular formula is C16H17N5O3S. The summed E-state index contributed by atoms with van der Waals surface area (Å²) in [5.74, 6) is -0.464. The van der Waals surface area contributed by atoms with Crippen LogP contribution in [0.25, 0.3) is 21.6 Å². The Morgan fingerprint density at radius 1 is 1.32 bits per heavy atom. The number of fused-ring (bicyclic) bond motifs is 1. The molecular weight excluding hydrogens is 342 g/mol. The number of hydrazine groups is 1. The van der Waals surface area contributed by atoms with Crippen molar-refractivity contribution in [3.63, 3.8) is 0 Å². The number of rotatable bonds is 4. The third-order valence-electron chi connectivity index (χ3n) is 3.48. The molecule has 3 aromatic heterocycles. The number of amides is 2.